The molecule has 4 heteroatoms. The summed E-state index contributed by atoms with van der Waals surface area (Å²) in [5.41, 5.74) is 5.70. The maximum Gasteiger partial charge on any atom is 0.329 e. The molecule has 1 saturated carbocycles. The van der Waals surface area contributed by atoms with Crippen LogP contribution in [0.15, 0.2) is 0 Å². The first-order valence-electron chi connectivity index (χ1n) is 4.27. The number of hydrogen-bond acceptors (Lipinski definition) is 3. The number of hydrogen-bond donors (Lipinski definition) is 2. The summed E-state index contributed by atoms with van der Waals surface area (Å²) >= 11 is 0. The number of ether oxygens (including phenoxy) is 1. The van der Waals surface area contributed by atoms with Crippen LogP contribution in [-0.4, -0.2) is 29.8 Å². The summed E-state index contributed by atoms with van der Waals surface area (Å²) in [5, 5.41) is 8.35. The summed E-state index contributed by atoms with van der Waals surface area (Å²) in [6.45, 7) is -0.197. The molecule has 2 atom stereocenters. The highest BCUT2D eigenvalue weighted by Gasteiger charge is 2.20. The van der Waals surface area contributed by atoms with Gasteiger partial charge in [-0.15, -0.1) is 0 Å². The third kappa shape index (κ3) is 3.19. The van der Waals surface area contributed by atoms with Crippen LogP contribution in [0, 0.1) is 0 Å². The summed E-state index contributed by atoms with van der Waals surface area (Å²) < 4.78 is 5.14. The summed E-state index contributed by atoms with van der Waals surface area (Å²) in [6.07, 6.45) is 3.89. The average molecular weight is 173 g/mol. The third-order valence-electron chi connectivity index (χ3n) is 2.11. The van der Waals surface area contributed by atoms with Gasteiger partial charge in [0.1, 0.15) is 6.61 Å². The number of rotatable bonds is 3. The van der Waals surface area contributed by atoms with Crippen LogP contribution in [0.5, 0.6) is 0 Å². The first-order chi connectivity index (χ1) is 5.68. The van der Waals surface area contributed by atoms with Crippen LogP contribution in [0.2, 0.25) is 0 Å². The van der Waals surface area contributed by atoms with Crippen LogP contribution >= 0.6 is 0 Å². The maximum atomic E-state index is 10.2. The molecule has 12 heavy (non-hydrogen) atoms. The molecule has 2 unspecified atom stereocenters. The van der Waals surface area contributed by atoms with E-state index in [2.05, 4.69) is 0 Å². The van der Waals surface area contributed by atoms with Gasteiger partial charge in [0.15, 0.2) is 0 Å². The lowest BCUT2D eigenvalue weighted by Crippen LogP contribution is -2.33. The largest absolute Gasteiger partial charge is 0.480 e. The second-order valence-electron chi connectivity index (χ2n) is 3.25. The predicted octanol–water partition coefficient (Wildman–Crippen LogP) is 0.357. The molecule has 0 bridgehead atoms. The molecule has 0 radical (unpaired) electrons. The smallest absolute Gasteiger partial charge is 0.329 e. The van der Waals surface area contributed by atoms with Gasteiger partial charge in [0.05, 0.1) is 6.10 Å². The molecular formula is C8H15NO3. The Balaban J connectivity index is 2.18. The van der Waals surface area contributed by atoms with E-state index in [-0.39, 0.29) is 18.8 Å². The van der Waals surface area contributed by atoms with Gasteiger partial charge in [-0.25, -0.2) is 4.79 Å². The number of carbonyl (C=O) groups is 1. The molecule has 0 aromatic heterocycles. The van der Waals surface area contributed by atoms with Gasteiger partial charge in [-0.3, -0.25) is 0 Å². The van der Waals surface area contributed by atoms with Gasteiger partial charge in [-0.2, -0.15) is 0 Å². The molecule has 1 aliphatic carbocycles. The molecule has 0 heterocycles. The molecular weight excluding hydrogens is 158 g/mol. The highest BCUT2D eigenvalue weighted by Crippen LogP contribution is 2.19. The maximum absolute atomic E-state index is 10.2. The van der Waals surface area contributed by atoms with Crippen molar-refractivity contribution >= 4 is 5.97 Å². The Morgan fingerprint density at radius 1 is 1.58 bits per heavy atom. The van der Waals surface area contributed by atoms with Crippen LogP contribution in [0.25, 0.3) is 0 Å². The normalized spacial score (nSPS) is 30.1. The zero-order valence-corrected chi connectivity index (χ0v) is 7.03. The molecule has 0 saturated heterocycles. The van der Waals surface area contributed by atoms with Gasteiger partial charge in [-0.05, 0) is 25.7 Å². The van der Waals surface area contributed by atoms with E-state index in [1.54, 1.807) is 0 Å². The molecule has 0 amide bonds. The Bertz CT molecular complexity index is 160. The van der Waals surface area contributed by atoms with Crippen LogP contribution in [-0.2, 0) is 9.53 Å². The second-order valence-corrected chi connectivity index (χ2v) is 3.25. The fourth-order valence-electron chi connectivity index (χ4n) is 1.52. The molecule has 0 aromatic carbocycles. The van der Waals surface area contributed by atoms with Crippen molar-refractivity contribution in [2.24, 2.45) is 5.73 Å². The van der Waals surface area contributed by atoms with E-state index in [0.717, 1.165) is 25.7 Å². The van der Waals surface area contributed by atoms with Gasteiger partial charge in [0.2, 0.25) is 0 Å². The zero-order chi connectivity index (χ0) is 8.97. The molecule has 1 fully saturated rings. The van der Waals surface area contributed by atoms with Crippen molar-refractivity contribution in [1.82, 2.24) is 0 Å². The van der Waals surface area contributed by atoms with Crippen LogP contribution in [0.1, 0.15) is 25.7 Å². The summed E-state index contributed by atoms with van der Waals surface area (Å²) in [5.74, 6) is -0.908. The molecule has 70 valence electrons. The van der Waals surface area contributed by atoms with Crippen molar-refractivity contribution in [2.45, 2.75) is 37.8 Å². The van der Waals surface area contributed by atoms with E-state index in [9.17, 15) is 4.79 Å². The van der Waals surface area contributed by atoms with Crippen LogP contribution in [0.4, 0.5) is 0 Å². The lowest BCUT2D eigenvalue weighted by Gasteiger charge is -2.25. The minimum Gasteiger partial charge on any atom is -0.480 e. The SMILES string of the molecule is NC1CCCC(OCC(=O)O)C1. The van der Waals surface area contributed by atoms with Crippen molar-refractivity contribution in [2.75, 3.05) is 6.61 Å². The lowest BCUT2D eigenvalue weighted by atomic mass is 9.94. The molecule has 1 rings (SSSR count). The van der Waals surface area contributed by atoms with E-state index >= 15 is 0 Å². The number of aliphatic carboxylic acids is 1. The lowest BCUT2D eigenvalue weighted by molar-refractivity contribution is -0.145. The molecule has 0 aliphatic heterocycles. The number of carboxylic acid groups (broad SMARTS) is 1. The fraction of sp³-hybridized carbons (Fsp3) is 0.875. The standard InChI is InChI=1S/C8H15NO3/c9-6-2-1-3-7(4-6)12-5-8(10)11/h6-7H,1-5,9H2,(H,10,11). The van der Waals surface area contributed by atoms with E-state index in [1.807, 2.05) is 0 Å². The Morgan fingerprint density at radius 2 is 2.33 bits per heavy atom. The van der Waals surface area contributed by atoms with Crippen molar-refractivity contribution < 1.29 is 14.6 Å². The zero-order valence-electron chi connectivity index (χ0n) is 7.03. The Kier molecular flexibility index (Phi) is 3.49. The molecule has 0 aromatic rings. The van der Waals surface area contributed by atoms with E-state index < -0.39 is 5.97 Å². The number of nitrogens with two attached hydrogens (primary N) is 1. The minimum absolute atomic E-state index is 0.0600. The van der Waals surface area contributed by atoms with Crippen molar-refractivity contribution in [3.8, 4) is 0 Å². The van der Waals surface area contributed by atoms with Crippen molar-refractivity contribution in [1.29, 1.82) is 0 Å². The number of carboxylic acids is 1. The van der Waals surface area contributed by atoms with Crippen LogP contribution < -0.4 is 5.73 Å². The molecule has 0 spiro atoms. The molecule has 4 nitrogen and oxygen atoms in total. The molecule has 3 N–H and O–H groups in total. The topological polar surface area (TPSA) is 72.5 Å². The Labute approximate surface area is 71.7 Å². The van der Waals surface area contributed by atoms with E-state index in [0.29, 0.717) is 0 Å². The molecule has 1 aliphatic rings. The first-order valence-corrected chi connectivity index (χ1v) is 4.27. The van der Waals surface area contributed by atoms with E-state index in [1.165, 1.54) is 0 Å². The summed E-state index contributed by atoms with van der Waals surface area (Å²) in [6, 6.07) is 0.192. The summed E-state index contributed by atoms with van der Waals surface area (Å²) in [4.78, 5) is 10.2. The van der Waals surface area contributed by atoms with Gasteiger partial charge < -0.3 is 15.6 Å². The Morgan fingerprint density at radius 3 is 2.92 bits per heavy atom. The monoisotopic (exact) mass is 173 g/mol. The Hall–Kier alpha value is -0.610. The van der Waals surface area contributed by atoms with Crippen LogP contribution in [0.3, 0.4) is 0 Å². The summed E-state index contributed by atoms with van der Waals surface area (Å²) in [7, 11) is 0. The van der Waals surface area contributed by atoms with Gasteiger partial charge in [-0.1, -0.05) is 0 Å². The third-order valence-corrected chi connectivity index (χ3v) is 2.11. The van der Waals surface area contributed by atoms with Crippen molar-refractivity contribution in [3.63, 3.8) is 0 Å². The van der Waals surface area contributed by atoms with Gasteiger partial charge in [0.25, 0.3) is 0 Å². The second kappa shape index (κ2) is 4.42. The first kappa shape index (κ1) is 9.48. The average Bonchev–Trinajstić information content (AvgIpc) is 2.01. The highest BCUT2D eigenvalue weighted by atomic mass is 16.5. The predicted molar refractivity (Wildman–Crippen MR) is 43.8 cm³/mol. The highest BCUT2D eigenvalue weighted by molar-refractivity contribution is 5.68. The van der Waals surface area contributed by atoms with E-state index in [4.69, 9.17) is 15.6 Å². The minimum atomic E-state index is -0.908. The van der Waals surface area contributed by atoms with Gasteiger partial charge in [0, 0.05) is 6.04 Å². The van der Waals surface area contributed by atoms with Gasteiger partial charge >= 0.3 is 5.97 Å². The quantitative estimate of drug-likeness (QED) is 0.646. The van der Waals surface area contributed by atoms with Crippen molar-refractivity contribution in [3.05, 3.63) is 0 Å². The fourth-order valence-corrected chi connectivity index (χ4v) is 1.52.